The first-order valence-corrected chi connectivity index (χ1v) is 3.47. The minimum atomic E-state index is 0.170. The lowest BCUT2D eigenvalue weighted by Gasteiger charge is -2.05. The smallest absolute Gasteiger partial charge is 0.173 e. The number of hydrogen-bond donors (Lipinski definition) is 2. The van der Waals surface area contributed by atoms with Crippen LogP contribution in [0.3, 0.4) is 0 Å². The lowest BCUT2D eigenvalue weighted by Crippen LogP contribution is -1.97. The number of nitrogen functional groups attached to an aromatic ring is 1. The number of rotatable bonds is 2. The van der Waals surface area contributed by atoms with Crippen molar-refractivity contribution >= 4 is 17.2 Å². The van der Waals surface area contributed by atoms with Crippen molar-refractivity contribution in [3.8, 4) is 0 Å². The molecule has 0 saturated carbocycles. The van der Waals surface area contributed by atoms with Crippen LogP contribution in [0.4, 0.5) is 17.2 Å². The van der Waals surface area contributed by atoms with Crippen molar-refractivity contribution in [3.05, 3.63) is 16.7 Å². The Bertz CT molecular complexity index is 311. The number of nitroso groups, excluding NO2 is 1. The molecule has 1 aromatic rings. The zero-order valence-corrected chi connectivity index (χ0v) is 6.96. The van der Waals surface area contributed by atoms with Gasteiger partial charge in [-0.2, -0.15) is 0 Å². The molecule has 1 rings (SSSR count). The van der Waals surface area contributed by atoms with Gasteiger partial charge >= 0.3 is 0 Å². The first-order valence-electron chi connectivity index (χ1n) is 3.47. The van der Waals surface area contributed by atoms with Gasteiger partial charge < -0.3 is 11.1 Å². The van der Waals surface area contributed by atoms with Gasteiger partial charge in [0.2, 0.25) is 0 Å². The maximum absolute atomic E-state index is 10.3. The average Bonchev–Trinajstić information content (AvgIpc) is 2.03. The van der Waals surface area contributed by atoms with Gasteiger partial charge in [-0.3, -0.25) is 0 Å². The van der Waals surface area contributed by atoms with Gasteiger partial charge in [0.05, 0.1) is 5.69 Å². The van der Waals surface area contributed by atoms with Gasteiger partial charge in [-0.1, -0.05) is 0 Å². The fraction of sp³-hybridized carbons (Fsp3) is 0.286. The minimum Gasteiger partial charge on any atom is -0.397 e. The third kappa shape index (κ3) is 1.34. The van der Waals surface area contributed by atoms with Crippen LogP contribution in [-0.2, 0) is 0 Å². The SMILES string of the molecule is CNc1nc(C)cc(N)c1N=O. The van der Waals surface area contributed by atoms with Gasteiger partial charge in [-0.25, -0.2) is 4.98 Å². The minimum absolute atomic E-state index is 0.170. The molecule has 1 heterocycles. The molecule has 0 aliphatic heterocycles. The summed E-state index contributed by atoms with van der Waals surface area (Å²) in [7, 11) is 1.66. The molecular formula is C7H10N4O. The first kappa shape index (κ1) is 8.45. The Morgan fingerprint density at radius 1 is 1.67 bits per heavy atom. The van der Waals surface area contributed by atoms with E-state index in [2.05, 4.69) is 15.5 Å². The Balaban J connectivity index is 3.33. The van der Waals surface area contributed by atoms with Crippen molar-refractivity contribution in [1.29, 1.82) is 0 Å². The summed E-state index contributed by atoms with van der Waals surface area (Å²) in [5.41, 5.74) is 6.81. The molecule has 0 fully saturated rings. The fourth-order valence-corrected chi connectivity index (χ4v) is 0.962. The second-order valence-corrected chi connectivity index (χ2v) is 2.39. The maximum atomic E-state index is 10.3. The van der Waals surface area contributed by atoms with Crippen molar-refractivity contribution < 1.29 is 0 Å². The van der Waals surface area contributed by atoms with Crippen LogP contribution in [0.1, 0.15) is 5.69 Å². The van der Waals surface area contributed by atoms with Gasteiger partial charge in [-0.15, -0.1) is 4.91 Å². The van der Waals surface area contributed by atoms with E-state index in [-0.39, 0.29) is 5.69 Å². The van der Waals surface area contributed by atoms with Gasteiger partial charge in [0, 0.05) is 12.7 Å². The summed E-state index contributed by atoms with van der Waals surface area (Å²) >= 11 is 0. The zero-order valence-electron chi connectivity index (χ0n) is 6.96. The van der Waals surface area contributed by atoms with Gasteiger partial charge in [0.1, 0.15) is 0 Å². The Kier molecular flexibility index (Phi) is 2.23. The molecular weight excluding hydrogens is 156 g/mol. The van der Waals surface area contributed by atoms with Gasteiger partial charge in [0.25, 0.3) is 0 Å². The average molecular weight is 166 g/mol. The first-order chi connectivity index (χ1) is 5.69. The number of aromatic nitrogens is 1. The fourth-order valence-electron chi connectivity index (χ4n) is 0.962. The number of nitrogens with zero attached hydrogens (tertiary/aromatic N) is 2. The largest absolute Gasteiger partial charge is 0.397 e. The molecule has 64 valence electrons. The van der Waals surface area contributed by atoms with Crippen LogP contribution in [0.5, 0.6) is 0 Å². The van der Waals surface area contributed by atoms with E-state index in [0.717, 1.165) is 5.69 Å². The zero-order chi connectivity index (χ0) is 9.14. The number of aryl methyl sites for hydroxylation is 1. The van der Waals surface area contributed by atoms with Crippen LogP contribution in [-0.4, -0.2) is 12.0 Å². The second-order valence-electron chi connectivity index (χ2n) is 2.39. The molecule has 3 N–H and O–H groups in total. The molecule has 0 saturated heterocycles. The highest BCUT2D eigenvalue weighted by Gasteiger charge is 2.07. The van der Waals surface area contributed by atoms with E-state index in [4.69, 9.17) is 5.73 Å². The summed E-state index contributed by atoms with van der Waals surface area (Å²) < 4.78 is 0. The highest BCUT2D eigenvalue weighted by molar-refractivity contribution is 5.75. The molecule has 1 aromatic heterocycles. The van der Waals surface area contributed by atoms with E-state index in [9.17, 15) is 4.91 Å². The number of hydrogen-bond acceptors (Lipinski definition) is 5. The maximum Gasteiger partial charge on any atom is 0.173 e. The molecule has 0 unspecified atom stereocenters. The van der Waals surface area contributed by atoms with E-state index in [1.165, 1.54) is 0 Å². The Morgan fingerprint density at radius 3 is 2.83 bits per heavy atom. The van der Waals surface area contributed by atoms with E-state index in [0.29, 0.717) is 11.5 Å². The van der Waals surface area contributed by atoms with Gasteiger partial charge in [0.15, 0.2) is 11.5 Å². The van der Waals surface area contributed by atoms with Crippen LogP contribution in [0, 0.1) is 11.8 Å². The standard InChI is InChI=1S/C7H10N4O/c1-4-3-5(8)6(11-12)7(9-2)10-4/h3H,1-2H3,(H3,8,9,10). The summed E-state index contributed by atoms with van der Waals surface area (Å²) in [5.74, 6) is 0.419. The van der Waals surface area contributed by atoms with E-state index in [1.54, 1.807) is 20.0 Å². The predicted octanol–water partition coefficient (Wildman–Crippen LogP) is 1.41. The monoisotopic (exact) mass is 166 g/mol. The molecule has 0 amide bonds. The molecule has 0 atom stereocenters. The summed E-state index contributed by atoms with van der Waals surface area (Å²) in [6.45, 7) is 1.80. The Morgan fingerprint density at radius 2 is 2.33 bits per heavy atom. The van der Waals surface area contributed by atoms with Crippen molar-refractivity contribution in [3.63, 3.8) is 0 Å². The summed E-state index contributed by atoms with van der Waals surface area (Å²) in [6, 6.07) is 1.61. The predicted molar refractivity (Wildman–Crippen MR) is 48.4 cm³/mol. The highest BCUT2D eigenvalue weighted by Crippen LogP contribution is 2.29. The third-order valence-corrected chi connectivity index (χ3v) is 1.48. The molecule has 0 spiro atoms. The molecule has 12 heavy (non-hydrogen) atoms. The van der Waals surface area contributed by atoms with Crippen LogP contribution >= 0.6 is 0 Å². The van der Waals surface area contributed by atoms with Crippen LogP contribution in [0.25, 0.3) is 0 Å². The van der Waals surface area contributed by atoms with Crippen molar-refractivity contribution in [2.24, 2.45) is 5.18 Å². The Hall–Kier alpha value is -1.65. The topological polar surface area (TPSA) is 80.4 Å². The normalized spacial score (nSPS) is 9.50. The van der Waals surface area contributed by atoms with Crippen molar-refractivity contribution in [2.45, 2.75) is 6.92 Å². The number of nitrogens with one attached hydrogen (secondary N) is 1. The van der Waals surface area contributed by atoms with Crippen LogP contribution in [0.15, 0.2) is 11.2 Å². The quantitative estimate of drug-likeness (QED) is 0.651. The van der Waals surface area contributed by atoms with Crippen molar-refractivity contribution in [1.82, 2.24) is 4.98 Å². The lowest BCUT2D eigenvalue weighted by molar-refractivity contribution is 1.18. The summed E-state index contributed by atoms with van der Waals surface area (Å²) in [5, 5.41) is 5.53. The molecule has 5 nitrogen and oxygen atoms in total. The van der Waals surface area contributed by atoms with E-state index < -0.39 is 0 Å². The number of nitrogens with two attached hydrogens (primary N) is 1. The summed E-state index contributed by atoms with van der Waals surface area (Å²) in [4.78, 5) is 14.3. The van der Waals surface area contributed by atoms with Gasteiger partial charge in [-0.05, 0) is 18.2 Å². The van der Waals surface area contributed by atoms with Crippen molar-refractivity contribution in [2.75, 3.05) is 18.1 Å². The summed E-state index contributed by atoms with van der Waals surface area (Å²) in [6.07, 6.45) is 0. The molecule has 0 bridgehead atoms. The molecule has 5 heteroatoms. The number of pyridine rings is 1. The molecule has 0 aliphatic carbocycles. The second kappa shape index (κ2) is 3.17. The highest BCUT2D eigenvalue weighted by atomic mass is 16.3. The number of anilines is 2. The molecule has 0 radical (unpaired) electrons. The third-order valence-electron chi connectivity index (χ3n) is 1.48. The lowest BCUT2D eigenvalue weighted by atomic mass is 10.3. The Labute approximate surface area is 70.0 Å². The molecule has 0 aliphatic rings. The molecule has 0 aromatic carbocycles. The van der Waals surface area contributed by atoms with E-state index in [1.807, 2.05) is 0 Å². The van der Waals surface area contributed by atoms with Crippen LogP contribution < -0.4 is 11.1 Å². The van der Waals surface area contributed by atoms with E-state index >= 15 is 0 Å². The van der Waals surface area contributed by atoms with Crippen LogP contribution in [0.2, 0.25) is 0 Å².